The monoisotopic (exact) mass is 369 g/mol. The van der Waals surface area contributed by atoms with Gasteiger partial charge in [-0.3, -0.25) is 14.4 Å². The number of benzene rings is 2. The van der Waals surface area contributed by atoms with Crippen LogP contribution in [0.4, 0.5) is 17.1 Å². The van der Waals surface area contributed by atoms with E-state index in [9.17, 15) is 14.4 Å². The lowest BCUT2D eigenvalue weighted by Crippen LogP contribution is -2.41. The Morgan fingerprint density at radius 2 is 1.44 bits per heavy atom. The molecule has 7 nitrogen and oxygen atoms in total. The van der Waals surface area contributed by atoms with Crippen LogP contribution in [0, 0.1) is 5.41 Å². The van der Waals surface area contributed by atoms with Crippen molar-refractivity contribution >= 4 is 34.8 Å². The van der Waals surface area contributed by atoms with Crippen molar-refractivity contribution in [1.82, 2.24) is 0 Å². The Morgan fingerprint density at radius 3 is 2.07 bits per heavy atom. The third kappa shape index (κ3) is 5.07. The number of rotatable bonds is 6. The Balaban J connectivity index is 2.12. The standard InChI is InChI=1S/C20H23N3O4/c1-13(24)21-14-8-7-9-15(12-14)22-18(25)20(2,3)19(26)23-16-10-5-6-11-17(16)27-4/h5-12H,1-4H3,(H,21,24)(H,22,25)(H,23,26). The Morgan fingerprint density at radius 1 is 0.852 bits per heavy atom. The maximum Gasteiger partial charge on any atom is 0.239 e. The first-order valence-corrected chi connectivity index (χ1v) is 8.37. The predicted octanol–water partition coefficient (Wildman–Crippen LogP) is 3.26. The van der Waals surface area contributed by atoms with Gasteiger partial charge in [-0.1, -0.05) is 18.2 Å². The number of amides is 3. The fourth-order valence-corrected chi connectivity index (χ4v) is 2.29. The van der Waals surface area contributed by atoms with E-state index in [0.29, 0.717) is 22.8 Å². The average molecular weight is 369 g/mol. The zero-order valence-electron chi connectivity index (χ0n) is 15.8. The third-order valence-electron chi connectivity index (χ3n) is 3.93. The molecule has 3 amide bonds. The van der Waals surface area contributed by atoms with Gasteiger partial charge in [-0.15, -0.1) is 0 Å². The second-order valence-electron chi connectivity index (χ2n) is 6.50. The molecule has 0 aliphatic rings. The highest BCUT2D eigenvalue weighted by Crippen LogP contribution is 2.27. The van der Waals surface area contributed by atoms with E-state index in [1.165, 1.54) is 27.9 Å². The predicted molar refractivity (Wildman–Crippen MR) is 105 cm³/mol. The highest BCUT2D eigenvalue weighted by atomic mass is 16.5. The first-order valence-electron chi connectivity index (χ1n) is 8.37. The summed E-state index contributed by atoms with van der Waals surface area (Å²) in [6, 6.07) is 13.7. The molecule has 27 heavy (non-hydrogen) atoms. The van der Waals surface area contributed by atoms with E-state index in [2.05, 4.69) is 16.0 Å². The minimum absolute atomic E-state index is 0.213. The van der Waals surface area contributed by atoms with Crippen molar-refractivity contribution in [2.75, 3.05) is 23.1 Å². The van der Waals surface area contributed by atoms with Gasteiger partial charge in [0.15, 0.2) is 0 Å². The fraction of sp³-hybridized carbons (Fsp3) is 0.250. The molecule has 3 N–H and O–H groups in total. The van der Waals surface area contributed by atoms with Crippen molar-refractivity contribution in [3.63, 3.8) is 0 Å². The molecule has 0 unspecified atom stereocenters. The van der Waals surface area contributed by atoms with Gasteiger partial charge >= 0.3 is 0 Å². The zero-order valence-corrected chi connectivity index (χ0v) is 15.8. The number of ether oxygens (including phenoxy) is 1. The van der Waals surface area contributed by atoms with Crippen molar-refractivity contribution in [2.45, 2.75) is 20.8 Å². The van der Waals surface area contributed by atoms with E-state index in [0.717, 1.165) is 0 Å². The second kappa shape index (κ2) is 8.35. The van der Waals surface area contributed by atoms with Crippen LogP contribution in [0.5, 0.6) is 5.75 Å². The van der Waals surface area contributed by atoms with Gasteiger partial charge in [-0.05, 0) is 44.2 Å². The number of carbonyl (C=O) groups excluding carboxylic acids is 3. The summed E-state index contributed by atoms with van der Waals surface area (Å²) in [6.45, 7) is 4.46. The normalized spacial score (nSPS) is 10.7. The summed E-state index contributed by atoms with van der Waals surface area (Å²) in [5.41, 5.74) is 0.171. The first kappa shape index (κ1) is 20.0. The van der Waals surface area contributed by atoms with Crippen LogP contribution < -0.4 is 20.7 Å². The minimum Gasteiger partial charge on any atom is -0.495 e. The second-order valence-corrected chi connectivity index (χ2v) is 6.50. The molecule has 0 heterocycles. The SMILES string of the molecule is COc1ccccc1NC(=O)C(C)(C)C(=O)Nc1cccc(NC(C)=O)c1. The van der Waals surface area contributed by atoms with Gasteiger partial charge in [0.25, 0.3) is 0 Å². The lowest BCUT2D eigenvalue weighted by molar-refractivity contribution is -0.135. The summed E-state index contributed by atoms with van der Waals surface area (Å²) in [6.07, 6.45) is 0. The Hall–Kier alpha value is -3.35. The number of hydrogen-bond acceptors (Lipinski definition) is 4. The Bertz CT molecular complexity index is 862. The smallest absolute Gasteiger partial charge is 0.239 e. The molecule has 0 aliphatic heterocycles. The molecule has 0 atom stereocenters. The maximum absolute atomic E-state index is 12.7. The topological polar surface area (TPSA) is 96.5 Å². The summed E-state index contributed by atoms with van der Waals surface area (Å²) >= 11 is 0. The maximum atomic E-state index is 12.7. The average Bonchev–Trinajstić information content (AvgIpc) is 2.61. The van der Waals surface area contributed by atoms with E-state index in [4.69, 9.17) is 4.74 Å². The van der Waals surface area contributed by atoms with Gasteiger partial charge in [0, 0.05) is 18.3 Å². The van der Waals surface area contributed by atoms with Gasteiger partial charge in [-0.25, -0.2) is 0 Å². The molecule has 2 aromatic rings. The molecule has 0 radical (unpaired) electrons. The van der Waals surface area contributed by atoms with Crippen LogP contribution in [-0.2, 0) is 14.4 Å². The van der Waals surface area contributed by atoms with Gasteiger partial charge in [-0.2, -0.15) is 0 Å². The van der Waals surface area contributed by atoms with Gasteiger partial charge in [0.1, 0.15) is 11.2 Å². The lowest BCUT2D eigenvalue weighted by Gasteiger charge is -2.23. The largest absolute Gasteiger partial charge is 0.495 e. The number of nitrogens with one attached hydrogen (secondary N) is 3. The summed E-state index contributed by atoms with van der Waals surface area (Å²) in [7, 11) is 1.50. The van der Waals surface area contributed by atoms with Crippen molar-refractivity contribution in [1.29, 1.82) is 0 Å². The Kier molecular flexibility index (Phi) is 6.18. The van der Waals surface area contributed by atoms with E-state index in [1.54, 1.807) is 48.5 Å². The third-order valence-corrected chi connectivity index (χ3v) is 3.93. The number of carbonyl (C=O) groups is 3. The summed E-state index contributed by atoms with van der Waals surface area (Å²) in [4.78, 5) is 36.5. The number of anilines is 3. The molecule has 0 spiro atoms. The molecule has 2 aromatic carbocycles. The van der Waals surface area contributed by atoms with Crippen LogP contribution in [0.15, 0.2) is 48.5 Å². The minimum atomic E-state index is -1.34. The molecule has 7 heteroatoms. The molecular weight excluding hydrogens is 346 g/mol. The quantitative estimate of drug-likeness (QED) is 0.681. The highest BCUT2D eigenvalue weighted by Gasteiger charge is 2.36. The van der Waals surface area contributed by atoms with Crippen molar-refractivity contribution < 1.29 is 19.1 Å². The van der Waals surface area contributed by atoms with Crippen LogP contribution in [0.25, 0.3) is 0 Å². The van der Waals surface area contributed by atoms with Crippen LogP contribution in [0.3, 0.4) is 0 Å². The van der Waals surface area contributed by atoms with Crippen molar-refractivity contribution in [3.05, 3.63) is 48.5 Å². The summed E-state index contributed by atoms with van der Waals surface area (Å²) in [5, 5.41) is 8.07. The van der Waals surface area contributed by atoms with Crippen LogP contribution in [-0.4, -0.2) is 24.8 Å². The number of hydrogen-bond donors (Lipinski definition) is 3. The molecule has 0 aromatic heterocycles. The van der Waals surface area contributed by atoms with Gasteiger partial charge < -0.3 is 20.7 Å². The molecule has 0 fully saturated rings. The number of methoxy groups -OCH3 is 1. The summed E-state index contributed by atoms with van der Waals surface area (Å²) in [5.74, 6) is -0.655. The lowest BCUT2D eigenvalue weighted by atomic mass is 9.90. The fourth-order valence-electron chi connectivity index (χ4n) is 2.29. The Labute approximate surface area is 158 Å². The molecule has 0 bridgehead atoms. The van der Waals surface area contributed by atoms with E-state index in [-0.39, 0.29) is 5.91 Å². The molecular formula is C20H23N3O4. The van der Waals surface area contributed by atoms with Gasteiger partial charge in [0.2, 0.25) is 17.7 Å². The first-order chi connectivity index (χ1) is 12.7. The molecule has 0 saturated carbocycles. The van der Waals surface area contributed by atoms with Crippen LogP contribution >= 0.6 is 0 Å². The summed E-state index contributed by atoms with van der Waals surface area (Å²) < 4.78 is 5.21. The highest BCUT2D eigenvalue weighted by molar-refractivity contribution is 6.14. The van der Waals surface area contributed by atoms with Crippen LogP contribution in [0.2, 0.25) is 0 Å². The van der Waals surface area contributed by atoms with Crippen molar-refractivity contribution in [2.24, 2.45) is 5.41 Å². The molecule has 0 aliphatic carbocycles. The van der Waals surface area contributed by atoms with Gasteiger partial charge in [0.05, 0.1) is 12.8 Å². The van der Waals surface area contributed by atoms with Crippen LogP contribution in [0.1, 0.15) is 20.8 Å². The zero-order chi connectivity index (χ0) is 20.0. The van der Waals surface area contributed by atoms with E-state index >= 15 is 0 Å². The molecule has 0 saturated heterocycles. The number of para-hydroxylation sites is 2. The molecule has 2 rings (SSSR count). The van der Waals surface area contributed by atoms with E-state index < -0.39 is 17.2 Å². The van der Waals surface area contributed by atoms with Crippen molar-refractivity contribution in [3.8, 4) is 5.75 Å². The van der Waals surface area contributed by atoms with E-state index in [1.807, 2.05) is 0 Å². The molecule has 142 valence electrons.